The van der Waals surface area contributed by atoms with E-state index in [-0.39, 0.29) is 5.91 Å². The number of aromatic nitrogens is 5. The van der Waals surface area contributed by atoms with E-state index in [9.17, 15) is 4.79 Å². The highest BCUT2D eigenvalue weighted by Crippen LogP contribution is 2.39. The Labute approximate surface area is 245 Å². The number of piperidine rings is 1. The predicted molar refractivity (Wildman–Crippen MR) is 167 cm³/mol. The van der Waals surface area contributed by atoms with Gasteiger partial charge in [-0.1, -0.05) is 19.9 Å². The van der Waals surface area contributed by atoms with Crippen molar-refractivity contribution in [1.82, 2.24) is 34.9 Å². The van der Waals surface area contributed by atoms with Crippen LogP contribution in [-0.4, -0.2) is 86.7 Å². The smallest absolute Gasteiger partial charge is 0.236 e. The maximum atomic E-state index is 13.2. The zero-order valence-electron chi connectivity index (χ0n) is 24.4. The summed E-state index contributed by atoms with van der Waals surface area (Å²) in [5, 5.41) is 9.53. The zero-order valence-corrected chi connectivity index (χ0v) is 24.4. The average Bonchev–Trinajstić information content (AvgIpc) is 3.67. The van der Waals surface area contributed by atoms with Crippen LogP contribution in [-0.2, 0) is 4.79 Å². The number of piperazine rings is 1. The molecule has 216 valence electrons. The average molecular weight is 563 g/mol. The molecule has 9 heteroatoms. The van der Waals surface area contributed by atoms with Crippen LogP contribution in [0.4, 0.5) is 5.69 Å². The molecule has 5 aromatic rings. The van der Waals surface area contributed by atoms with Crippen molar-refractivity contribution in [3.05, 3.63) is 72.3 Å². The third kappa shape index (κ3) is 5.02. The van der Waals surface area contributed by atoms with Crippen molar-refractivity contribution < 1.29 is 4.79 Å². The van der Waals surface area contributed by atoms with Gasteiger partial charge in [0.15, 0.2) is 5.65 Å². The van der Waals surface area contributed by atoms with E-state index in [1.54, 1.807) is 0 Å². The van der Waals surface area contributed by atoms with Gasteiger partial charge in [-0.15, -0.1) is 0 Å². The zero-order chi connectivity index (χ0) is 28.6. The first-order chi connectivity index (χ1) is 20.5. The number of likely N-dealkylation sites (tertiary alicyclic amines) is 1. The molecular formula is C33H38N8O. The summed E-state index contributed by atoms with van der Waals surface area (Å²) < 4.78 is 0. The molecule has 6 heterocycles. The molecule has 0 bridgehead atoms. The van der Waals surface area contributed by atoms with Gasteiger partial charge >= 0.3 is 0 Å². The summed E-state index contributed by atoms with van der Waals surface area (Å²) in [6.07, 6.45) is 9.38. The first kappa shape index (κ1) is 26.6. The molecule has 2 fully saturated rings. The predicted octanol–water partition coefficient (Wildman–Crippen LogP) is 5.15. The minimum absolute atomic E-state index is 0.265. The van der Waals surface area contributed by atoms with Crippen molar-refractivity contribution in [2.24, 2.45) is 0 Å². The topological polar surface area (TPSA) is 97.0 Å². The van der Waals surface area contributed by atoms with E-state index < -0.39 is 0 Å². The van der Waals surface area contributed by atoms with Crippen LogP contribution in [0.5, 0.6) is 0 Å². The monoisotopic (exact) mass is 562 g/mol. The number of benzene rings is 1. The number of amides is 1. The lowest BCUT2D eigenvalue weighted by Crippen LogP contribution is -2.51. The van der Waals surface area contributed by atoms with Crippen LogP contribution in [0.3, 0.4) is 0 Å². The SMILES string of the molecule is CC(C)c1c(-c2ccnc3[nH]ncc23)[nH]c2ccc(C3CCN(C(=O)CN4CCN(c5ccncc5)CC4)CC3)cc12. The molecule has 0 aliphatic carbocycles. The fraction of sp³-hybridized carbons (Fsp3) is 0.394. The standard InChI is InChI=1S/C33H38N8O/c1-22(2)31-27-19-24(3-4-29(27)37-32(31)26-7-12-35-33-28(26)20-36-38-33)23-8-13-41(14-9-23)30(42)21-39-15-17-40(18-16-39)25-5-10-34-11-6-25/h3-7,10-12,19-20,22-23,37H,8-9,13-18,21H2,1-2H3,(H,35,36,38). The first-order valence-corrected chi connectivity index (χ1v) is 15.1. The number of anilines is 1. The van der Waals surface area contributed by atoms with Crippen LogP contribution in [0.2, 0.25) is 0 Å². The largest absolute Gasteiger partial charge is 0.369 e. The van der Waals surface area contributed by atoms with Crippen LogP contribution < -0.4 is 4.90 Å². The van der Waals surface area contributed by atoms with E-state index >= 15 is 0 Å². The summed E-state index contributed by atoms with van der Waals surface area (Å²) in [6, 6.07) is 13.1. The molecule has 2 N–H and O–H groups in total. The van der Waals surface area contributed by atoms with E-state index in [0.717, 1.165) is 79.9 Å². The Morgan fingerprint density at radius 3 is 2.50 bits per heavy atom. The van der Waals surface area contributed by atoms with E-state index in [4.69, 9.17) is 0 Å². The van der Waals surface area contributed by atoms with Gasteiger partial charge in [0, 0.05) is 85.4 Å². The molecule has 4 aromatic heterocycles. The molecule has 0 saturated carbocycles. The molecule has 2 saturated heterocycles. The summed E-state index contributed by atoms with van der Waals surface area (Å²) >= 11 is 0. The number of aromatic amines is 2. The number of pyridine rings is 2. The quantitative estimate of drug-likeness (QED) is 0.297. The lowest BCUT2D eigenvalue weighted by molar-refractivity contribution is -0.133. The highest BCUT2D eigenvalue weighted by atomic mass is 16.2. The van der Waals surface area contributed by atoms with Crippen molar-refractivity contribution in [1.29, 1.82) is 0 Å². The maximum absolute atomic E-state index is 13.2. The third-order valence-corrected chi connectivity index (χ3v) is 9.14. The van der Waals surface area contributed by atoms with Crippen LogP contribution in [0.1, 0.15) is 49.7 Å². The third-order valence-electron chi connectivity index (χ3n) is 9.14. The molecule has 0 atom stereocenters. The molecule has 42 heavy (non-hydrogen) atoms. The Balaban J connectivity index is 1.01. The highest BCUT2D eigenvalue weighted by Gasteiger charge is 2.27. The number of hydrogen-bond donors (Lipinski definition) is 2. The first-order valence-electron chi connectivity index (χ1n) is 15.1. The highest BCUT2D eigenvalue weighted by molar-refractivity contribution is 5.98. The van der Waals surface area contributed by atoms with Gasteiger partial charge < -0.3 is 14.8 Å². The molecule has 2 aliphatic rings. The number of fused-ring (bicyclic) bond motifs is 2. The van der Waals surface area contributed by atoms with Crippen LogP contribution >= 0.6 is 0 Å². The van der Waals surface area contributed by atoms with Gasteiger partial charge in [0.25, 0.3) is 0 Å². The number of carbonyl (C=O) groups is 1. The number of nitrogens with one attached hydrogen (secondary N) is 2. The second-order valence-electron chi connectivity index (χ2n) is 12.0. The van der Waals surface area contributed by atoms with Gasteiger partial charge in [0.1, 0.15) is 0 Å². The summed E-state index contributed by atoms with van der Waals surface area (Å²) in [5.41, 5.74) is 8.14. The van der Waals surface area contributed by atoms with Gasteiger partial charge in [-0.3, -0.25) is 19.8 Å². The summed E-state index contributed by atoms with van der Waals surface area (Å²) in [4.78, 5) is 32.2. The summed E-state index contributed by atoms with van der Waals surface area (Å²) in [6.45, 7) is 10.4. The molecular weight excluding hydrogens is 524 g/mol. The molecule has 0 spiro atoms. The van der Waals surface area contributed by atoms with Gasteiger partial charge in [0.2, 0.25) is 5.91 Å². The molecule has 7 rings (SSSR count). The second kappa shape index (κ2) is 11.2. The van der Waals surface area contributed by atoms with Crippen molar-refractivity contribution in [3.63, 3.8) is 0 Å². The van der Waals surface area contributed by atoms with E-state index in [1.807, 2.05) is 24.8 Å². The number of nitrogens with zero attached hydrogens (tertiary/aromatic N) is 6. The molecule has 1 amide bonds. The van der Waals surface area contributed by atoms with E-state index in [2.05, 4.69) is 90.1 Å². The van der Waals surface area contributed by atoms with Crippen molar-refractivity contribution in [2.75, 3.05) is 50.7 Å². The van der Waals surface area contributed by atoms with Crippen LogP contribution in [0, 0.1) is 0 Å². The Kier molecular flexibility index (Phi) is 7.11. The summed E-state index contributed by atoms with van der Waals surface area (Å²) in [5.74, 6) is 1.08. The lowest BCUT2D eigenvalue weighted by atomic mass is 9.87. The maximum Gasteiger partial charge on any atom is 0.236 e. The van der Waals surface area contributed by atoms with Gasteiger partial charge in [-0.05, 0) is 66.1 Å². The number of hydrogen-bond acceptors (Lipinski definition) is 6. The lowest BCUT2D eigenvalue weighted by Gasteiger charge is -2.38. The van der Waals surface area contributed by atoms with Gasteiger partial charge in [-0.2, -0.15) is 5.10 Å². The Hall–Kier alpha value is -4.24. The Bertz CT molecular complexity index is 1690. The molecule has 0 radical (unpaired) electrons. The van der Waals surface area contributed by atoms with Crippen molar-refractivity contribution >= 4 is 33.5 Å². The molecule has 0 unspecified atom stereocenters. The van der Waals surface area contributed by atoms with Gasteiger partial charge in [0.05, 0.1) is 18.4 Å². The summed E-state index contributed by atoms with van der Waals surface area (Å²) in [7, 11) is 0. The van der Waals surface area contributed by atoms with Crippen LogP contribution in [0.15, 0.2) is 61.2 Å². The molecule has 2 aliphatic heterocycles. The van der Waals surface area contributed by atoms with E-state index in [1.165, 1.54) is 22.2 Å². The minimum atomic E-state index is 0.265. The molecule has 9 nitrogen and oxygen atoms in total. The van der Waals surface area contributed by atoms with E-state index in [0.29, 0.717) is 18.4 Å². The number of H-pyrrole nitrogens is 2. The van der Waals surface area contributed by atoms with Crippen molar-refractivity contribution in [2.45, 2.75) is 38.5 Å². The second-order valence-corrected chi connectivity index (χ2v) is 12.0. The van der Waals surface area contributed by atoms with Crippen LogP contribution in [0.25, 0.3) is 33.2 Å². The molecule has 1 aromatic carbocycles. The Morgan fingerprint density at radius 1 is 0.952 bits per heavy atom. The Morgan fingerprint density at radius 2 is 1.74 bits per heavy atom. The number of rotatable bonds is 6. The minimum Gasteiger partial charge on any atom is -0.369 e. The van der Waals surface area contributed by atoms with Gasteiger partial charge in [-0.25, -0.2) is 4.98 Å². The normalized spacial score (nSPS) is 17.1. The fourth-order valence-electron chi connectivity index (χ4n) is 6.84. The van der Waals surface area contributed by atoms with Crippen molar-refractivity contribution in [3.8, 4) is 11.3 Å². The number of carbonyl (C=O) groups excluding carboxylic acids is 1. The fourth-order valence-corrected chi connectivity index (χ4v) is 6.84.